The van der Waals surface area contributed by atoms with Crippen LogP contribution < -0.4 is 14.4 Å². The molecule has 0 bridgehead atoms. The number of benzene rings is 1. The van der Waals surface area contributed by atoms with Crippen molar-refractivity contribution in [1.29, 1.82) is 0 Å². The third kappa shape index (κ3) is 6.29. The Kier molecular flexibility index (Phi) is 8.67. The van der Waals surface area contributed by atoms with Gasteiger partial charge in [0.25, 0.3) is 0 Å². The van der Waals surface area contributed by atoms with E-state index in [9.17, 15) is 9.59 Å². The zero-order valence-electron chi connectivity index (χ0n) is 23.9. The topological polar surface area (TPSA) is 86.1 Å². The average molecular weight is 537 g/mol. The number of aromatic nitrogens is 2. The van der Waals surface area contributed by atoms with E-state index >= 15 is 0 Å². The number of anilines is 1. The minimum absolute atomic E-state index is 0.0765. The number of methoxy groups -OCH3 is 1. The first-order valence-corrected chi connectivity index (χ1v) is 13.7. The van der Waals surface area contributed by atoms with Crippen LogP contribution in [0.5, 0.6) is 11.5 Å². The van der Waals surface area contributed by atoms with Gasteiger partial charge in [0.05, 0.1) is 19.8 Å². The standard InChI is InChI=1S/C30H40N4O5/c1-7-8-9-19-38-26-20-22(11-12-25(26)37-6)33-17-10-16-32(28(33)35)21(2)23-13-15-31-27-24(23)14-18-34(27)29(36)39-30(3,4)5/h11-15,18,20-21H,7-10,16-17,19H2,1-6H3/t21-/m0/s1. The van der Waals surface area contributed by atoms with Crippen molar-refractivity contribution in [3.05, 3.63) is 48.3 Å². The smallest absolute Gasteiger partial charge is 0.420 e. The van der Waals surface area contributed by atoms with Gasteiger partial charge in [0.1, 0.15) is 11.2 Å². The molecule has 0 spiro atoms. The first-order valence-electron chi connectivity index (χ1n) is 13.7. The maximum Gasteiger partial charge on any atom is 0.420 e. The third-order valence-corrected chi connectivity index (χ3v) is 6.85. The fourth-order valence-corrected chi connectivity index (χ4v) is 4.87. The van der Waals surface area contributed by atoms with Gasteiger partial charge >= 0.3 is 12.1 Å². The van der Waals surface area contributed by atoms with Crippen LogP contribution in [0, 0.1) is 0 Å². The van der Waals surface area contributed by atoms with E-state index in [4.69, 9.17) is 14.2 Å². The third-order valence-electron chi connectivity index (χ3n) is 6.85. The number of nitrogens with zero attached hydrogens (tertiary/aromatic N) is 4. The van der Waals surface area contributed by atoms with Crippen LogP contribution in [-0.2, 0) is 4.74 Å². The Morgan fingerprint density at radius 1 is 1.10 bits per heavy atom. The molecule has 1 aliphatic heterocycles. The van der Waals surface area contributed by atoms with Crippen molar-refractivity contribution in [3.63, 3.8) is 0 Å². The first-order chi connectivity index (χ1) is 18.6. The summed E-state index contributed by atoms with van der Waals surface area (Å²) in [6, 6.07) is 9.10. The van der Waals surface area contributed by atoms with Crippen molar-refractivity contribution in [2.24, 2.45) is 0 Å². The number of carbonyl (C=O) groups is 2. The summed E-state index contributed by atoms with van der Waals surface area (Å²) in [5, 5.41) is 0.813. The van der Waals surface area contributed by atoms with E-state index in [2.05, 4.69) is 11.9 Å². The summed E-state index contributed by atoms with van der Waals surface area (Å²) in [5.74, 6) is 1.29. The Labute approximate surface area is 230 Å². The molecule has 0 aliphatic carbocycles. The molecule has 3 aromatic rings. The number of hydrogen-bond acceptors (Lipinski definition) is 6. The molecule has 1 aliphatic rings. The minimum atomic E-state index is -0.621. The summed E-state index contributed by atoms with van der Waals surface area (Å²) in [4.78, 5) is 34.7. The van der Waals surface area contributed by atoms with Crippen molar-refractivity contribution >= 4 is 28.8 Å². The number of fused-ring (bicyclic) bond motifs is 1. The van der Waals surface area contributed by atoms with Crippen LogP contribution in [0.4, 0.5) is 15.3 Å². The summed E-state index contributed by atoms with van der Waals surface area (Å²) in [6.45, 7) is 11.5. The van der Waals surface area contributed by atoms with Crippen LogP contribution in [0.15, 0.2) is 42.7 Å². The predicted molar refractivity (Wildman–Crippen MR) is 152 cm³/mol. The molecular formula is C30H40N4O5. The summed E-state index contributed by atoms with van der Waals surface area (Å²) in [7, 11) is 1.62. The van der Waals surface area contributed by atoms with Gasteiger partial charge in [0.2, 0.25) is 0 Å². The van der Waals surface area contributed by atoms with E-state index in [0.29, 0.717) is 36.8 Å². The van der Waals surface area contributed by atoms with E-state index in [1.165, 1.54) is 4.57 Å². The van der Waals surface area contributed by atoms with Gasteiger partial charge in [-0.1, -0.05) is 19.8 Å². The maximum atomic E-state index is 13.8. The van der Waals surface area contributed by atoms with Gasteiger partial charge in [-0.05, 0) is 70.4 Å². The monoisotopic (exact) mass is 536 g/mol. The largest absolute Gasteiger partial charge is 0.493 e. The molecular weight excluding hydrogens is 496 g/mol. The van der Waals surface area contributed by atoms with Crippen molar-refractivity contribution < 1.29 is 23.8 Å². The highest BCUT2D eigenvalue weighted by Gasteiger charge is 2.32. The van der Waals surface area contributed by atoms with Crippen LogP contribution in [0.2, 0.25) is 0 Å². The molecule has 0 unspecified atom stereocenters. The van der Waals surface area contributed by atoms with Gasteiger partial charge in [0, 0.05) is 42.6 Å². The Hall–Kier alpha value is -3.75. The normalized spacial score (nSPS) is 15.0. The molecule has 1 atom stereocenters. The molecule has 1 aromatic carbocycles. The van der Waals surface area contributed by atoms with Crippen LogP contribution in [0.3, 0.4) is 0 Å². The molecule has 210 valence electrons. The summed E-state index contributed by atoms with van der Waals surface area (Å²) in [6.07, 6.45) is 6.87. The summed E-state index contributed by atoms with van der Waals surface area (Å²) < 4.78 is 18.5. The van der Waals surface area contributed by atoms with Gasteiger partial charge in [-0.2, -0.15) is 0 Å². The highest BCUT2D eigenvalue weighted by atomic mass is 16.6. The van der Waals surface area contributed by atoms with Gasteiger partial charge < -0.3 is 19.1 Å². The van der Waals surface area contributed by atoms with E-state index < -0.39 is 11.7 Å². The average Bonchev–Trinajstić information content (AvgIpc) is 3.34. The van der Waals surface area contributed by atoms with Gasteiger partial charge in [-0.15, -0.1) is 0 Å². The molecule has 9 nitrogen and oxygen atoms in total. The van der Waals surface area contributed by atoms with E-state index in [1.54, 1.807) is 24.4 Å². The first kappa shape index (κ1) is 28.3. The number of carbonyl (C=O) groups excluding carboxylic acids is 2. The second-order valence-electron chi connectivity index (χ2n) is 10.9. The van der Waals surface area contributed by atoms with Crippen LogP contribution in [-0.4, -0.2) is 59.0 Å². The Morgan fingerprint density at radius 3 is 2.62 bits per heavy atom. The molecule has 0 radical (unpaired) electrons. The molecule has 2 amide bonds. The SMILES string of the molecule is CCCCCOc1cc(N2CCCN([C@@H](C)c3ccnc4c3ccn4C(=O)OC(C)(C)C)C2=O)ccc1OC. The number of hydrogen-bond donors (Lipinski definition) is 0. The van der Waals surface area contributed by atoms with Crippen LogP contribution >= 0.6 is 0 Å². The molecule has 1 saturated heterocycles. The highest BCUT2D eigenvalue weighted by Crippen LogP contribution is 2.35. The zero-order valence-corrected chi connectivity index (χ0v) is 23.9. The maximum absolute atomic E-state index is 13.8. The summed E-state index contributed by atoms with van der Waals surface area (Å²) >= 11 is 0. The number of pyridine rings is 1. The minimum Gasteiger partial charge on any atom is -0.493 e. The lowest BCUT2D eigenvalue weighted by molar-refractivity contribution is 0.0543. The second kappa shape index (κ2) is 12.0. The number of rotatable bonds is 9. The number of unbranched alkanes of at least 4 members (excludes halogenated alkanes) is 2. The lowest BCUT2D eigenvalue weighted by Crippen LogP contribution is -2.50. The molecule has 39 heavy (non-hydrogen) atoms. The Morgan fingerprint density at radius 2 is 1.90 bits per heavy atom. The Bertz CT molecular complexity index is 1310. The van der Waals surface area contributed by atoms with Crippen LogP contribution in [0.25, 0.3) is 11.0 Å². The van der Waals surface area contributed by atoms with Crippen molar-refractivity contribution in [3.8, 4) is 11.5 Å². The van der Waals surface area contributed by atoms with E-state index in [-0.39, 0.29) is 12.1 Å². The quantitative estimate of drug-likeness (QED) is 0.280. The van der Waals surface area contributed by atoms with Crippen molar-refractivity contribution in [1.82, 2.24) is 14.5 Å². The molecule has 1 fully saturated rings. The highest BCUT2D eigenvalue weighted by molar-refractivity contribution is 5.94. The molecule has 4 rings (SSSR count). The zero-order chi connectivity index (χ0) is 28.2. The van der Waals surface area contributed by atoms with Gasteiger partial charge in [0.15, 0.2) is 11.5 Å². The van der Waals surface area contributed by atoms with E-state index in [0.717, 1.165) is 42.3 Å². The molecule has 0 saturated carbocycles. The molecule has 0 N–H and O–H groups in total. The second-order valence-corrected chi connectivity index (χ2v) is 10.9. The summed E-state index contributed by atoms with van der Waals surface area (Å²) in [5.41, 5.74) is 1.59. The van der Waals surface area contributed by atoms with E-state index in [1.807, 2.05) is 62.9 Å². The number of urea groups is 1. The molecule has 3 heterocycles. The number of amides is 2. The van der Waals surface area contributed by atoms with Gasteiger partial charge in [-0.25, -0.2) is 19.1 Å². The lowest BCUT2D eigenvalue weighted by Gasteiger charge is -2.39. The molecule has 9 heteroatoms. The van der Waals surface area contributed by atoms with Crippen molar-refractivity contribution in [2.75, 3.05) is 31.7 Å². The van der Waals surface area contributed by atoms with Crippen molar-refractivity contribution in [2.45, 2.75) is 71.9 Å². The predicted octanol–water partition coefficient (Wildman–Crippen LogP) is 6.79. The molecule has 2 aromatic heterocycles. The lowest BCUT2D eigenvalue weighted by atomic mass is 10.0. The van der Waals surface area contributed by atoms with Gasteiger partial charge in [-0.3, -0.25) is 4.90 Å². The fraction of sp³-hybridized carbons (Fsp3) is 0.500. The van der Waals surface area contributed by atoms with Crippen LogP contribution in [0.1, 0.15) is 71.9 Å². The Balaban J connectivity index is 1.57. The fourth-order valence-electron chi connectivity index (χ4n) is 4.87. The number of ether oxygens (including phenoxy) is 3.